The van der Waals surface area contributed by atoms with E-state index in [-0.39, 0.29) is 43.5 Å². The summed E-state index contributed by atoms with van der Waals surface area (Å²) in [6, 6.07) is 6.57. The van der Waals surface area contributed by atoms with Crippen molar-refractivity contribution in [2.75, 3.05) is 20.2 Å². The standard InChI is InChI=1S/C16H18ClN3O4/c1-20-13(21)6-12(14(20)9-3-2-4-10(17)5-9)15(22)18-7-11-8-24-16(23)19-11/h2-5,11-12,14H,6-8H2,1H3,(H,18,22)(H,19,23). The molecule has 2 aliphatic rings. The van der Waals surface area contributed by atoms with E-state index in [4.69, 9.17) is 16.3 Å². The van der Waals surface area contributed by atoms with Crippen LogP contribution in [0.1, 0.15) is 18.0 Å². The largest absolute Gasteiger partial charge is 0.447 e. The van der Waals surface area contributed by atoms with Gasteiger partial charge in [-0.1, -0.05) is 23.7 Å². The van der Waals surface area contributed by atoms with E-state index < -0.39 is 12.0 Å². The molecule has 8 heteroatoms. The average molecular weight is 352 g/mol. The molecule has 7 nitrogen and oxygen atoms in total. The number of cyclic esters (lactones) is 1. The lowest BCUT2D eigenvalue weighted by Crippen LogP contribution is -2.42. The molecule has 24 heavy (non-hydrogen) atoms. The van der Waals surface area contributed by atoms with Gasteiger partial charge < -0.3 is 20.3 Å². The van der Waals surface area contributed by atoms with E-state index >= 15 is 0 Å². The Morgan fingerprint density at radius 1 is 1.46 bits per heavy atom. The van der Waals surface area contributed by atoms with Crippen molar-refractivity contribution in [2.45, 2.75) is 18.5 Å². The molecular formula is C16H18ClN3O4. The van der Waals surface area contributed by atoms with Crippen molar-refractivity contribution in [3.63, 3.8) is 0 Å². The van der Waals surface area contributed by atoms with Gasteiger partial charge in [0.2, 0.25) is 11.8 Å². The first kappa shape index (κ1) is 16.6. The number of ether oxygens (including phenoxy) is 1. The monoisotopic (exact) mass is 351 g/mol. The highest BCUT2D eigenvalue weighted by Gasteiger charge is 2.42. The fourth-order valence-corrected chi connectivity index (χ4v) is 3.34. The van der Waals surface area contributed by atoms with Gasteiger partial charge in [-0.3, -0.25) is 9.59 Å². The first-order valence-corrected chi connectivity index (χ1v) is 8.05. The van der Waals surface area contributed by atoms with Gasteiger partial charge in [0.1, 0.15) is 6.61 Å². The summed E-state index contributed by atoms with van der Waals surface area (Å²) in [5.41, 5.74) is 0.827. The van der Waals surface area contributed by atoms with Crippen molar-refractivity contribution >= 4 is 29.5 Å². The SMILES string of the molecule is CN1C(=O)CC(C(=O)NCC2COC(=O)N2)C1c1cccc(Cl)c1. The van der Waals surface area contributed by atoms with Crippen molar-refractivity contribution in [3.05, 3.63) is 34.9 Å². The van der Waals surface area contributed by atoms with Gasteiger partial charge in [-0.05, 0) is 17.7 Å². The third kappa shape index (κ3) is 3.31. The molecule has 3 atom stereocenters. The molecule has 0 aromatic heterocycles. The minimum Gasteiger partial charge on any atom is -0.447 e. The van der Waals surface area contributed by atoms with Crippen molar-refractivity contribution in [3.8, 4) is 0 Å². The second-order valence-electron chi connectivity index (χ2n) is 6.00. The Labute approximate surface area is 144 Å². The van der Waals surface area contributed by atoms with Crippen LogP contribution in [0.5, 0.6) is 0 Å². The first-order chi connectivity index (χ1) is 11.5. The molecule has 0 bridgehead atoms. The molecule has 2 aliphatic heterocycles. The van der Waals surface area contributed by atoms with Crippen LogP contribution in [0.15, 0.2) is 24.3 Å². The lowest BCUT2D eigenvalue weighted by Gasteiger charge is -2.25. The summed E-state index contributed by atoms with van der Waals surface area (Å²) >= 11 is 6.04. The van der Waals surface area contributed by atoms with Crippen LogP contribution < -0.4 is 10.6 Å². The number of hydrogen-bond acceptors (Lipinski definition) is 4. The fraction of sp³-hybridized carbons (Fsp3) is 0.438. The number of nitrogens with one attached hydrogen (secondary N) is 2. The number of benzene rings is 1. The normalized spacial score (nSPS) is 26.2. The van der Waals surface area contributed by atoms with Crippen LogP contribution in [-0.2, 0) is 14.3 Å². The molecule has 2 N–H and O–H groups in total. The maximum atomic E-state index is 12.6. The second kappa shape index (κ2) is 6.68. The Kier molecular flexibility index (Phi) is 4.62. The van der Waals surface area contributed by atoms with Gasteiger partial charge in [0.25, 0.3) is 0 Å². The van der Waals surface area contributed by atoms with Crippen molar-refractivity contribution in [1.82, 2.24) is 15.5 Å². The highest BCUT2D eigenvalue weighted by Crippen LogP contribution is 2.37. The molecule has 2 saturated heterocycles. The van der Waals surface area contributed by atoms with E-state index in [0.29, 0.717) is 5.02 Å². The van der Waals surface area contributed by atoms with Crippen LogP contribution in [0.3, 0.4) is 0 Å². The summed E-state index contributed by atoms with van der Waals surface area (Å²) in [4.78, 5) is 37.2. The smallest absolute Gasteiger partial charge is 0.407 e. The molecule has 0 spiro atoms. The van der Waals surface area contributed by atoms with Crippen LogP contribution in [-0.4, -0.2) is 49.0 Å². The van der Waals surface area contributed by atoms with E-state index in [9.17, 15) is 14.4 Å². The highest BCUT2D eigenvalue weighted by molar-refractivity contribution is 6.30. The van der Waals surface area contributed by atoms with Gasteiger partial charge in [-0.2, -0.15) is 0 Å². The predicted molar refractivity (Wildman–Crippen MR) is 86.4 cm³/mol. The number of halogens is 1. The Morgan fingerprint density at radius 2 is 2.25 bits per heavy atom. The zero-order valence-corrected chi connectivity index (χ0v) is 13.9. The summed E-state index contributed by atoms with van der Waals surface area (Å²) in [6.45, 7) is 0.488. The Morgan fingerprint density at radius 3 is 2.92 bits per heavy atom. The van der Waals surface area contributed by atoms with Crippen LogP contribution in [0, 0.1) is 5.92 Å². The van der Waals surface area contributed by atoms with Crippen LogP contribution in [0.25, 0.3) is 0 Å². The second-order valence-corrected chi connectivity index (χ2v) is 6.44. The van der Waals surface area contributed by atoms with Gasteiger partial charge in [0.05, 0.1) is 18.0 Å². The van der Waals surface area contributed by atoms with Gasteiger partial charge in [-0.25, -0.2) is 4.79 Å². The molecule has 0 aliphatic carbocycles. The lowest BCUT2D eigenvalue weighted by atomic mass is 9.93. The van der Waals surface area contributed by atoms with E-state index in [1.54, 1.807) is 30.1 Å². The number of likely N-dealkylation sites (tertiary alicyclic amines) is 1. The predicted octanol–water partition coefficient (Wildman–Crippen LogP) is 1.08. The molecule has 0 radical (unpaired) electrons. The van der Waals surface area contributed by atoms with Gasteiger partial charge in [-0.15, -0.1) is 0 Å². The van der Waals surface area contributed by atoms with Gasteiger partial charge >= 0.3 is 6.09 Å². The van der Waals surface area contributed by atoms with Crippen LogP contribution >= 0.6 is 11.6 Å². The van der Waals surface area contributed by atoms with Gasteiger partial charge in [0, 0.05) is 25.0 Å². The molecule has 3 amide bonds. The Hall–Kier alpha value is -2.28. The summed E-state index contributed by atoms with van der Waals surface area (Å²) in [5, 5.41) is 5.95. The molecule has 3 rings (SSSR count). The zero-order valence-electron chi connectivity index (χ0n) is 13.1. The maximum absolute atomic E-state index is 12.6. The third-order valence-electron chi connectivity index (χ3n) is 4.37. The van der Waals surface area contributed by atoms with Crippen LogP contribution in [0.4, 0.5) is 4.79 Å². The molecular weight excluding hydrogens is 334 g/mol. The van der Waals surface area contributed by atoms with Crippen LogP contribution in [0.2, 0.25) is 5.02 Å². The number of amides is 3. The summed E-state index contributed by atoms with van der Waals surface area (Å²) in [7, 11) is 1.69. The fourth-order valence-electron chi connectivity index (χ4n) is 3.14. The quantitative estimate of drug-likeness (QED) is 0.849. The number of nitrogens with zero attached hydrogens (tertiary/aromatic N) is 1. The minimum absolute atomic E-state index is 0.0855. The molecule has 1 aromatic rings. The lowest BCUT2D eigenvalue weighted by molar-refractivity contribution is -0.128. The Balaban J connectivity index is 1.71. The van der Waals surface area contributed by atoms with E-state index in [2.05, 4.69) is 10.6 Å². The molecule has 2 fully saturated rings. The first-order valence-electron chi connectivity index (χ1n) is 7.68. The number of alkyl carbamates (subject to hydrolysis) is 1. The molecule has 1 aromatic carbocycles. The number of rotatable bonds is 4. The molecule has 0 saturated carbocycles. The molecule has 128 valence electrons. The molecule has 3 unspecified atom stereocenters. The van der Waals surface area contributed by atoms with Crippen molar-refractivity contribution in [1.29, 1.82) is 0 Å². The number of hydrogen-bond donors (Lipinski definition) is 2. The van der Waals surface area contributed by atoms with Crippen molar-refractivity contribution < 1.29 is 19.1 Å². The Bertz CT molecular complexity index is 681. The average Bonchev–Trinajstić information content (AvgIpc) is 3.09. The van der Waals surface area contributed by atoms with E-state index in [1.165, 1.54) is 0 Å². The maximum Gasteiger partial charge on any atom is 0.407 e. The zero-order chi connectivity index (χ0) is 17.3. The summed E-state index contributed by atoms with van der Waals surface area (Å²) in [5.74, 6) is -0.810. The van der Waals surface area contributed by atoms with E-state index in [1.807, 2.05) is 6.07 Å². The number of carbonyl (C=O) groups is 3. The summed E-state index contributed by atoms with van der Waals surface area (Å²) < 4.78 is 4.78. The minimum atomic E-state index is -0.501. The highest BCUT2D eigenvalue weighted by atomic mass is 35.5. The van der Waals surface area contributed by atoms with E-state index in [0.717, 1.165) is 5.56 Å². The topological polar surface area (TPSA) is 87.7 Å². The van der Waals surface area contributed by atoms with Gasteiger partial charge in [0.15, 0.2) is 0 Å². The summed E-state index contributed by atoms with van der Waals surface area (Å²) in [6.07, 6.45) is -0.339. The molecule has 2 heterocycles. The number of carbonyl (C=O) groups excluding carboxylic acids is 3. The van der Waals surface area contributed by atoms with Crippen molar-refractivity contribution in [2.24, 2.45) is 5.92 Å². The third-order valence-corrected chi connectivity index (χ3v) is 4.61.